The molecule has 0 saturated carbocycles. The van der Waals surface area contributed by atoms with Crippen molar-refractivity contribution in [3.63, 3.8) is 0 Å². The van der Waals surface area contributed by atoms with Crippen molar-refractivity contribution in [2.75, 3.05) is 5.32 Å². The molecule has 0 amide bonds. The summed E-state index contributed by atoms with van der Waals surface area (Å²) in [5.74, 6) is 0.381. The number of nitrogens with one attached hydrogen (secondary N) is 1. The van der Waals surface area contributed by atoms with Crippen molar-refractivity contribution in [2.45, 2.75) is 19.9 Å². The molecule has 0 spiro atoms. The lowest BCUT2D eigenvalue weighted by Crippen LogP contribution is -2.22. The van der Waals surface area contributed by atoms with Crippen LogP contribution in [0, 0.1) is 0 Å². The van der Waals surface area contributed by atoms with Gasteiger partial charge in [-0.15, -0.1) is 0 Å². The molecule has 1 heterocycles. The lowest BCUT2D eigenvalue weighted by molar-refractivity contribution is 0.743. The number of benzene rings is 1. The number of nitrogens with two attached hydrogens (primary N) is 1. The fraction of sp³-hybridized carbons (Fsp3) is 0.286. The van der Waals surface area contributed by atoms with E-state index in [1.807, 2.05) is 25.4 Å². The number of guanidine groups is 1. The van der Waals surface area contributed by atoms with Gasteiger partial charge in [0.1, 0.15) is 0 Å². The van der Waals surface area contributed by atoms with Gasteiger partial charge in [0, 0.05) is 18.9 Å². The maximum atomic E-state index is 5.87. The average Bonchev–Trinajstić information content (AvgIpc) is 2.75. The van der Waals surface area contributed by atoms with Gasteiger partial charge >= 0.3 is 0 Å². The van der Waals surface area contributed by atoms with E-state index in [0.29, 0.717) is 12.5 Å². The summed E-state index contributed by atoms with van der Waals surface area (Å²) in [6.07, 6.45) is 2.91. The minimum absolute atomic E-state index is 0.381. The second-order valence-electron chi connectivity index (χ2n) is 4.47. The number of hydrogen-bond donors (Lipinski definition) is 2. The first-order valence-electron chi connectivity index (χ1n) is 6.42. The number of nitrogens with zero attached hydrogens (tertiary/aromatic N) is 3. The highest BCUT2D eigenvalue weighted by Crippen LogP contribution is 2.15. The smallest absolute Gasteiger partial charge is 0.193 e. The Balaban J connectivity index is 1.98. The highest BCUT2D eigenvalue weighted by molar-refractivity contribution is 9.10. The van der Waals surface area contributed by atoms with Crippen LogP contribution in [0.1, 0.15) is 18.2 Å². The molecule has 0 fully saturated rings. The Labute approximate surface area is 127 Å². The Morgan fingerprint density at radius 1 is 1.40 bits per heavy atom. The Morgan fingerprint density at radius 3 is 2.65 bits per heavy atom. The van der Waals surface area contributed by atoms with Gasteiger partial charge in [-0.05, 0) is 40.0 Å². The van der Waals surface area contributed by atoms with Crippen LogP contribution in [0.25, 0.3) is 0 Å². The summed E-state index contributed by atoms with van der Waals surface area (Å²) in [6.45, 7) is 2.57. The molecule has 0 aliphatic heterocycles. The molecule has 0 unspecified atom stereocenters. The number of halogens is 1. The van der Waals surface area contributed by atoms with Gasteiger partial charge in [-0.3, -0.25) is 4.68 Å². The van der Waals surface area contributed by atoms with E-state index in [2.05, 4.69) is 50.4 Å². The van der Waals surface area contributed by atoms with Gasteiger partial charge in [0.05, 0.1) is 16.7 Å². The zero-order valence-electron chi connectivity index (χ0n) is 11.6. The van der Waals surface area contributed by atoms with Crippen molar-refractivity contribution in [1.82, 2.24) is 9.78 Å². The Morgan fingerprint density at radius 2 is 2.10 bits per heavy atom. The lowest BCUT2D eigenvalue weighted by Gasteiger charge is -2.06. The third-order valence-electron chi connectivity index (χ3n) is 2.89. The van der Waals surface area contributed by atoms with E-state index in [-0.39, 0.29) is 0 Å². The summed E-state index contributed by atoms with van der Waals surface area (Å²) in [4.78, 5) is 4.28. The normalized spacial score (nSPS) is 11.7. The van der Waals surface area contributed by atoms with Crippen LogP contribution >= 0.6 is 15.9 Å². The van der Waals surface area contributed by atoms with E-state index in [1.54, 1.807) is 4.68 Å². The Hall–Kier alpha value is -1.82. The molecule has 1 aromatic carbocycles. The van der Waals surface area contributed by atoms with Crippen LogP contribution < -0.4 is 11.1 Å². The predicted molar refractivity (Wildman–Crippen MR) is 85.7 cm³/mol. The molecule has 2 rings (SSSR count). The highest BCUT2D eigenvalue weighted by atomic mass is 79.9. The molecule has 0 bridgehead atoms. The quantitative estimate of drug-likeness (QED) is 0.666. The number of anilines is 1. The number of aryl methyl sites for hydroxylation is 2. The first-order chi connectivity index (χ1) is 9.58. The minimum Gasteiger partial charge on any atom is -0.370 e. The van der Waals surface area contributed by atoms with E-state index in [0.717, 1.165) is 22.3 Å². The maximum absolute atomic E-state index is 5.87. The van der Waals surface area contributed by atoms with E-state index in [1.165, 1.54) is 5.56 Å². The molecule has 0 aliphatic carbocycles. The van der Waals surface area contributed by atoms with E-state index in [9.17, 15) is 0 Å². The van der Waals surface area contributed by atoms with E-state index in [4.69, 9.17) is 5.73 Å². The average molecular weight is 336 g/mol. The summed E-state index contributed by atoms with van der Waals surface area (Å²) >= 11 is 3.44. The van der Waals surface area contributed by atoms with Crippen LogP contribution in [-0.2, 0) is 20.0 Å². The van der Waals surface area contributed by atoms with Gasteiger partial charge in [0.15, 0.2) is 5.96 Å². The van der Waals surface area contributed by atoms with Gasteiger partial charge in [-0.1, -0.05) is 19.1 Å². The van der Waals surface area contributed by atoms with Crippen molar-refractivity contribution >= 4 is 27.6 Å². The third kappa shape index (κ3) is 3.84. The van der Waals surface area contributed by atoms with Gasteiger partial charge < -0.3 is 11.1 Å². The summed E-state index contributed by atoms with van der Waals surface area (Å²) in [5, 5.41) is 7.36. The number of hydrogen-bond acceptors (Lipinski definition) is 2. The first kappa shape index (κ1) is 14.6. The molecule has 0 saturated heterocycles. The largest absolute Gasteiger partial charge is 0.370 e. The van der Waals surface area contributed by atoms with Crippen molar-refractivity contribution in [2.24, 2.45) is 17.8 Å². The molecule has 6 heteroatoms. The predicted octanol–water partition coefficient (Wildman–Crippen LogP) is 2.67. The number of aliphatic imine (C=N–C) groups is 1. The molecule has 0 radical (unpaired) electrons. The second kappa shape index (κ2) is 6.56. The minimum atomic E-state index is 0.381. The van der Waals surface area contributed by atoms with Crippen LogP contribution in [0.2, 0.25) is 0 Å². The van der Waals surface area contributed by atoms with Crippen molar-refractivity contribution in [1.29, 1.82) is 0 Å². The number of aromatic nitrogens is 2. The Kier molecular flexibility index (Phi) is 4.79. The molecule has 3 N–H and O–H groups in total. The zero-order chi connectivity index (χ0) is 14.5. The van der Waals surface area contributed by atoms with Crippen LogP contribution in [0.15, 0.2) is 39.9 Å². The fourth-order valence-corrected chi connectivity index (χ4v) is 2.28. The molecule has 106 valence electrons. The van der Waals surface area contributed by atoms with Crippen LogP contribution in [0.5, 0.6) is 0 Å². The van der Waals surface area contributed by atoms with Crippen molar-refractivity contribution < 1.29 is 0 Å². The lowest BCUT2D eigenvalue weighted by atomic mass is 10.1. The molecule has 1 aromatic heterocycles. The molecule has 5 nitrogen and oxygen atoms in total. The summed E-state index contributed by atoms with van der Waals surface area (Å²) in [6, 6.07) is 8.14. The fourth-order valence-electron chi connectivity index (χ4n) is 1.78. The topological polar surface area (TPSA) is 68.2 Å². The highest BCUT2D eigenvalue weighted by Gasteiger charge is 2.04. The molecular formula is C14H18BrN5. The first-order valence-corrected chi connectivity index (χ1v) is 7.21. The molecule has 0 atom stereocenters. The van der Waals surface area contributed by atoms with Crippen LogP contribution in [-0.4, -0.2) is 15.7 Å². The Bertz CT molecular complexity index is 601. The van der Waals surface area contributed by atoms with E-state index >= 15 is 0 Å². The van der Waals surface area contributed by atoms with Crippen molar-refractivity contribution in [3.05, 3.63) is 46.2 Å². The van der Waals surface area contributed by atoms with Crippen LogP contribution in [0.4, 0.5) is 5.69 Å². The molecule has 2 aromatic rings. The number of rotatable bonds is 4. The summed E-state index contributed by atoms with van der Waals surface area (Å²) < 4.78 is 2.67. The summed E-state index contributed by atoms with van der Waals surface area (Å²) in [5.41, 5.74) is 8.96. The third-order valence-corrected chi connectivity index (χ3v) is 3.55. The summed E-state index contributed by atoms with van der Waals surface area (Å²) in [7, 11) is 1.87. The molecular weight excluding hydrogens is 318 g/mol. The van der Waals surface area contributed by atoms with Crippen LogP contribution in [0.3, 0.4) is 0 Å². The van der Waals surface area contributed by atoms with Gasteiger partial charge in [-0.25, -0.2) is 4.99 Å². The van der Waals surface area contributed by atoms with Gasteiger partial charge in [0.25, 0.3) is 0 Å². The second-order valence-corrected chi connectivity index (χ2v) is 5.33. The SMILES string of the molecule is CCc1ccc(NC(N)=NCc2nn(C)cc2Br)cc1. The standard InChI is InChI=1S/C14H18BrN5/c1-3-10-4-6-11(7-5-10)18-14(16)17-8-13-12(15)9-20(2)19-13/h4-7,9H,3,8H2,1-2H3,(H3,16,17,18). The monoisotopic (exact) mass is 335 g/mol. The molecule has 20 heavy (non-hydrogen) atoms. The van der Waals surface area contributed by atoms with Gasteiger partial charge in [0.2, 0.25) is 0 Å². The maximum Gasteiger partial charge on any atom is 0.193 e. The zero-order valence-corrected chi connectivity index (χ0v) is 13.2. The molecule has 0 aliphatic rings. The van der Waals surface area contributed by atoms with Gasteiger partial charge in [-0.2, -0.15) is 5.10 Å². The van der Waals surface area contributed by atoms with Crippen molar-refractivity contribution in [3.8, 4) is 0 Å². The van der Waals surface area contributed by atoms with E-state index < -0.39 is 0 Å².